The van der Waals surface area contributed by atoms with E-state index < -0.39 is 10.0 Å². The number of furan rings is 1. The van der Waals surface area contributed by atoms with Gasteiger partial charge in [-0.3, -0.25) is 0 Å². The summed E-state index contributed by atoms with van der Waals surface area (Å²) in [5, 5.41) is 8.09. The van der Waals surface area contributed by atoms with E-state index in [0.29, 0.717) is 44.2 Å². The molecule has 0 radical (unpaired) electrons. The van der Waals surface area contributed by atoms with Crippen molar-refractivity contribution in [1.29, 1.82) is 0 Å². The van der Waals surface area contributed by atoms with Crippen LogP contribution in [0.2, 0.25) is 0 Å². The number of anilines is 1. The third-order valence-electron chi connectivity index (χ3n) is 4.07. The van der Waals surface area contributed by atoms with Gasteiger partial charge in [0.1, 0.15) is 10.7 Å². The van der Waals surface area contributed by atoms with Crippen LogP contribution in [0.1, 0.15) is 5.76 Å². The highest BCUT2D eigenvalue weighted by atomic mass is 32.2. The fraction of sp³-hybridized carbons (Fsp3) is 0.312. The zero-order chi connectivity index (χ0) is 17.9. The summed E-state index contributed by atoms with van der Waals surface area (Å²) in [6.45, 7) is 2.37. The molecule has 2 aromatic rings. The van der Waals surface area contributed by atoms with Gasteiger partial charge in [-0.1, -0.05) is 12.1 Å². The van der Waals surface area contributed by atoms with Crippen LogP contribution < -0.4 is 15.4 Å². The lowest BCUT2D eigenvalue weighted by Gasteiger charge is -2.36. The van der Waals surface area contributed by atoms with Gasteiger partial charge >= 0.3 is 6.03 Å². The minimum absolute atomic E-state index is 0.103. The molecule has 25 heavy (non-hydrogen) atoms. The number of amides is 2. The SMILES string of the molecule is NS(=O)(=O)c1ccccc1N1CCN(C(=O)NCc2ccco2)CC1. The van der Waals surface area contributed by atoms with Crippen LogP contribution in [0.25, 0.3) is 0 Å². The van der Waals surface area contributed by atoms with E-state index in [1.165, 1.54) is 6.07 Å². The number of nitrogens with two attached hydrogens (primary N) is 1. The third-order valence-corrected chi connectivity index (χ3v) is 5.03. The van der Waals surface area contributed by atoms with Crippen molar-refractivity contribution < 1.29 is 17.6 Å². The molecule has 0 unspecified atom stereocenters. The molecule has 3 rings (SSSR count). The van der Waals surface area contributed by atoms with E-state index in [-0.39, 0.29) is 10.9 Å². The molecule has 3 N–H and O–H groups in total. The lowest BCUT2D eigenvalue weighted by atomic mass is 10.2. The predicted molar refractivity (Wildman–Crippen MR) is 92.5 cm³/mol. The van der Waals surface area contributed by atoms with Crippen LogP contribution in [0.5, 0.6) is 0 Å². The topological polar surface area (TPSA) is 109 Å². The molecule has 2 amide bonds. The summed E-state index contributed by atoms with van der Waals surface area (Å²) in [5.74, 6) is 0.689. The number of carbonyl (C=O) groups excluding carboxylic acids is 1. The van der Waals surface area contributed by atoms with Gasteiger partial charge in [0, 0.05) is 26.2 Å². The van der Waals surface area contributed by atoms with Crippen molar-refractivity contribution in [3.05, 3.63) is 48.4 Å². The van der Waals surface area contributed by atoms with Gasteiger partial charge in [-0.2, -0.15) is 0 Å². The zero-order valence-corrected chi connectivity index (χ0v) is 14.4. The van der Waals surface area contributed by atoms with Crippen LogP contribution in [-0.4, -0.2) is 45.5 Å². The van der Waals surface area contributed by atoms with Crippen molar-refractivity contribution in [3.63, 3.8) is 0 Å². The molecule has 1 aromatic carbocycles. The Morgan fingerprint density at radius 3 is 2.48 bits per heavy atom. The van der Waals surface area contributed by atoms with Crippen LogP contribution in [0.15, 0.2) is 52.0 Å². The number of nitrogens with zero attached hydrogens (tertiary/aromatic N) is 2. The molecule has 1 saturated heterocycles. The van der Waals surface area contributed by atoms with Crippen molar-refractivity contribution in [1.82, 2.24) is 10.2 Å². The summed E-state index contributed by atoms with van der Waals surface area (Å²) in [5.41, 5.74) is 0.570. The Morgan fingerprint density at radius 1 is 1.12 bits per heavy atom. The van der Waals surface area contributed by atoms with Crippen molar-refractivity contribution in [2.24, 2.45) is 5.14 Å². The van der Waals surface area contributed by atoms with Crippen LogP contribution in [0, 0.1) is 0 Å². The molecule has 1 aromatic heterocycles. The minimum atomic E-state index is -3.79. The average molecular weight is 364 g/mol. The number of primary sulfonamides is 1. The summed E-state index contributed by atoms with van der Waals surface area (Å²) in [7, 11) is -3.79. The highest BCUT2D eigenvalue weighted by Gasteiger charge is 2.24. The normalized spacial score (nSPS) is 15.2. The number of benzene rings is 1. The van der Waals surface area contributed by atoms with Crippen molar-refractivity contribution in [2.45, 2.75) is 11.4 Å². The minimum Gasteiger partial charge on any atom is -0.467 e. The molecule has 0 aliphatic carbocycles. The summed E-state index contributed by atoms with van der Waals surface area (Å²) in [4.78, 5) is 15.9. The molecule has 0 saturated carbocycles. The largest absolute Gasteiger partial charge is 0.467 e. The molecular formula is C16H20N4O4S. The van der Waals surface area contributed by atoms with Crippen molar-refractivity contribution in [2.75, 3.05) is 31.1 Å². The maximum absolute atomic E-state index is 12.2. The highest BCUT2D eigenvalue weighted by molar-refractivity contribution is 7.89. The van der Waals surface area contributed by atoms with Gasteiger partial charge in [0.05, 0.1) is 18.5 Å². The number of sulfonamides is 1. The van der Waals surface area contributed by atoms with E-state index in [2.05, 4.69) is 5.32 Å². The van der Waals surface area contributed by atoms with E-state index in [4.69, 9.17) is 9.56 Å². The number of urea groups is 1. The molecule has 1 aliphatic heterocycles. The van der Waals surface area contributed by atoms with E-state index >= 15 is 0 Å². The van der Waals surface area contributed by atoms with Crippen LogP contribution >= 0.6 is 0 Å². The Morgan fingerprint density at radius 2 is 1.84 bits per heavy atom. The maximum atomic E-state index is 12.2. The Kier molecular flexibility index (Phi) is 4.95. The number of rotatable bonds is 4. The number of para-hydroxylation sites is 1. The maximum Gasteiger partial charge on any atom is 0.317 e. The number of piperazine rings is 1. The second-order valence-corrected chi connectivity index (χ2v) is 7.25. The standard InChI is InChI=1S/C16H20N4O4S/c17-25(22,23)15-6-2-1-5-14(15)19-7-9-20(10-8-19)16(21)18-12-13-4-3-11-24-13/h1-6,11H,7-10,12H2,(H,18,21)(H2,17,22,23). The third kappa shape index (κ3) is 4.12. The number of carbonyl (C=O) groups is 1. The molecule has 1 fully saturated rings. The smallest absolute Gasteiger partial charge is 0.317 e. The summed E-state index contributed by atoms with van der Waals surface area (Å²) < 4.78 is 28.6. The Hall–Kier alpha value is -2.52. The number of hydrogen-bond acceptors (Lipinski definition) is 5. The average Bonchev–Trinajstić information content (AvgIpc) is 3.13. The fourth-order valence-electron chi connectivity index (χ4n) is 2.80. The van der Waals surface area contributed by atoms with Crippen molar-refractivity contribution >= 4 is 21.7 Å². The van der Waals surface area contributed by atoms with E-state index in [0.717, 1.165) is 0 Å². The van der Waals surface area contributed by atoms with Crippen LogP contribution in [0.4, 0.5) is 10.5 Å². The summed E-state index contributed by atoms with van der Waals surface area (Å²) >= 11 is 0. The van der Waals surface area contributed by atoms with Crippen LogP contribution in [0.3, 0.4) is 0 Å². The van der Waals surface area contributed by atoms with Gasteiger partial charge in [0.15, 0.2) is 0 Å². The molecule has 0 atom stereocenters. The second-order valence-electron chi connectivity index (χ2n) is 5.72. The molecular weight excluding hydrogens is 344 g/mol. The summed E-state index contributed by atoms with van der Waals surface area (Å²) in [6.07, 6.45) is 1.56. The molecule has 0 spiro atoms. The fourth-order valence-corrected chi connectivity index (χ4v) is 3.55. The summed E-state index contributed by atoms with van der Waals surface area (Å²) in [6, 6.07) is 10.0. The quantitative estimate of drug-likeness (QED) is 0.840. The zero-order valence-electron chi connectivity index (χ0n) is 13.6. The van der Waals surface area contributed by atoms with E-state index in [1.54, 1.807) is 41.5 Å². The first kappa shape index (κ1) is 17.3. The first-order chi connectivity index (χ1) is 11.9. The Labute approximate surface area is 146 Å². The molecule has 134 valence electrons. The lowest BCUT2D eigenvalue weighted by Crippen LogP contribution is -2.52. The molecule has 0 bridgehead atoms. The first-order valence-corrected chi connectivity index (χ1v) is 9.42. The van der Waals surface area contributed by atoms with Gasteiger partial charge < -0.3 is 19.5 Å². The van der Waals surface area contributed by atoms with Gasteiger partial charge in [-0.05, 0) is 24.3 Å². The van der Waals surface area contributed by atoms with Gasteiger partial charge in [0.25, 0.3) is 0 Å². The predicted octanol–water partition coefficient (Wildman–Crippen LogP) is 0.959. The number of hydrogen-bond donors (Lipinski definition) is 2. The monoisotopic (exact) mass is 364 g/mol. The van der Waals surface area contributed by atoms with E-state index in [9.17, 15) is 13.2 Å². The highest BCUT2D eigenvalue weighted by Crippen LogP contribution is 2.25. The molecule has 9 heteroatoms. The first-order valence-electron chi connectivity index (χ1n) is 7.87. The molecule has 1 aliphatic rings. The second kappa shape index (κ2) is 7.16. The van der Waals surface area contributed by atoms with Crippen molar-refractivity contribution in [3.8, 4) is 0 Å². The Balaban J connectivity index is 1.60. The van der Waals surface area contributed by atoms with Gasteiger partial charge in [0.2, 0.25) is 10.0 Å². The van der Waals surface area contributed by atoms with E-state index in [1.807, 2.05) is 4.90 Å². The number of nitrogens with one attached hydrogen (secondary N) is 1. The molecule has 2 heterocycles. The lowest BCUT2D eigenvalue weighted by molar-refractivity contribution is 0.193. The molecule has 8 nitrogen and oxygen atoms in total. The van der Waals surface area contributed by atoms with Crippen LogP contribution in [-0.2, 0) is 16.6 Å². The van der Waals surface area contributed by atoms with Gasteiger partial charge in [-0.15, -0.1) is 0 Å². The Bertz CT molecular complexity index is 828. The van der Waals surface area contributed by atoms with Gasteiger partial charge in [-0.25, -0.2) is 18.4 Å².